The summed E-state index contributed by atoms with van der Waals surface area (Å²) in [6.45, 7) is 3.06. The van der Waals surface area contributed by atoms with E-state index in [2.05, 4.69) is 15.2 Å². The van der Waals surface area contributed by atoms with Crippen molar-refractivity contribution in [2.45, 2.75) is 0 Å². The first-order valence-electron chi connectivity index (χ1n) is 6.68. The lowest BCUT2D eigenvalue weighted by Gasteiger charge is -2.27. The molecule has 2 aromatic rings. The van der Waals surface area contributed by atoms with Crippen LogP contribution in [0.1, 0.15) is 10.6 Å². The van der Waals surface area contributed by atoms with Crippen LogP contribution >= 0.6 is 0 Å². The minimum absolute atomic E-state index is 0.171. The molecule has 1 fully saturated rings. The number of nitrogens with one attached hydrogen (secondary N) is 1. The number of hydrogen-bond acceptors (Lipinski definition) is 6. The predicted molar refractivity (Wildman–Crippen MR) is 78.3 cm³/mol. The third-order valence-electron chi connectivity index (χ3n) is 3.19. The zero-order valence-corrected chi connectivity index (χ0v) is 11.4. The fraction of sp³-hybridized carbons (Fsp3) is 0.286. The average molecular weight is 288 g/mol. The lowest BCUT2D eigenvalue weighted by Crippen LogP contribution is -2.36. The summed E-state index contributed by atoms with van der Waals surface area (Å²) in [6.07, 6.45) is 1.62. The molecular weight excluding hydrogens is 272 g/mol. The van der Waals surface area contributed by atoms with Crippen molar-refractivity contribution < 1.29 is 13.9 Å². The molecule has 0 aliphatic carbocycles. The average Bonchev–Trinajstić information content (AvgIpc) is 2.96. The molecule has 0 bridgehead atoms. The molecule has 0 aromatic carbocycles. The Morgan fingerprint density at radius 3 is 2.67 bits per heavy atom. The van der Waals surface area contributed by atoms with Gasteiger partial charge in [0.2, 0.25) is 0 Å². The van der Waals surface area contributed by atoms with Gasteiger partial charge in [0, 0.05) is 19.2 Å². The van der Waals surface area contributed by atoms with Crippen LogP contribution in [-0.2, 0) is 4.74 Å². The quantitative estimate of drug-likeness (QED) is 0.885. The van der Waals surface area contributed by atoms with E-state index < -0.39 is 0 Å². The van der Waals surface area contributed by atoms with E-state index in [1.54, 1.807) is 6.20 Å². The number of anilines is 3. The molecule has 1 aliphatic heterocycles. The van der Waals surface area contributed by atoms with Gasteiger partial charge in [0.1, 0.15) is 5.82 Å². The first-order valence-corrected chi connectivity index (χ1v) is 6.68. The summed E-state index contributed by atoms with van der Waals surface area (Å²) in [5.74, 6) is 0.900. The molecule has 0 atom stereocenters. The fourth-order valence-corrected chi connectivity index (χ4v) is 2.11. The van der Waals surface area contributed by atoms with Crippen LogP contribution in [0.5, 0.6) is 0 Å². The second-order valence-electron chi connectivity index (χ2n) is 4.66. The Labute approximate surface area is 121 Å². The van der Waals surface area contributed by atoms with Crippen molar-refractivity contribution in [3.8, 4) is 0 Å². The van der Waals surface area contributed by atoms with Crippen LogP contribution in [0.25, 0.3) is 0 Å². The second-order valence-corrected chi connectivity index (χ2v) is 4.66. The van der Waals surface area contributed by atoms with Gasteiger partial charge in [-0.2, -0.15) is 0 Å². The van der Waals surface area contributed by atoms with Crippen LogP contribution in [0.3, 0.4) is 0 Å². The van der Waals surface area contributed by atoms with Gasteiger partial charge < -0.3 is 25.1 Å². The standard InChI is InChI=1S/C14H16N4O3/c15-12-3-2-11(21-12)14(19)17-10-1-4-13(16-9-10)18-5-7-20-8-6-18/h1-4,9H,5-8,15H2,(H,17,19). The maximum absolute atomic E-state index is 11.9. The van der Waals surface area contributed by atoms with Gasteiger partial charge in [0.05, 0.1) is 25.1 Å². The Morgan fingerprint density at radius 2 is 2.05 bits per heavy atom. The lowest BCUT2D eigenvalue weighted by atomic mass is 10.3. The molecule has 0 spiro atoms. The number of carbonyl (C=O) groups excluding carboxylic acids is 1. The van der Waals surface area contributed by atoms with E-state index in [9.17, 15) is 4.79 Å². The highest BCUT2D eigenvalue weighted by Gasteiger charge is 2.13. The summed E-state index contributed by atoms with van der Waals surface area (Å²) in [5, 5.41) is 2.71. The third-order valence-corrected chi connectivity index (χ3v) is 3.19. The van der Waals surface area contributed by atoms with Crippen molar-refractivity contribution in [2.24, 2.45) is 0 Å². The van der Waals surface area contributed by atoms with Crippen LogP contribution in [0.4, 0.5) is 17.4 Å². The zero-order chi connectivity index (χ0) is 14.7. The lowest BCUT2D eigenvalue weighted by molar-refractivity contribution is 0.0997. The normalized spacial score (nSPS) is 15.0. The van der Waals surface area contributed by atoms with Crippen LogP contribution in [0.2, 0.25) is 0 Å². The minimum atomic E-state index is -0.354. The largest absolute Gasteiger partial charge is 0.436 e. The Bertz CT molecular complexity index is 617. The van der Waals surface area contributed by atoms with Gasteiger partial charge >= 0.3 is 0 Å². The number of nitrogens with zero attached hydrogens (tertiary/aromatic N) is 2. The molecule has 3 N–H and O–H groups in total. The Kier molecular flexibility index (Phi) is 3.74. The summed E-state index contributed by atoms with van der Waals surface area (Å²) < 4.78 is 10.4. The molecule has 1 amide bonds. The number of nitrogen functional groups attached to an aromatic ring is 1. The van der Waals surface area contributed by atoms with Crippen LogP contribution in [-0.4, -0.2) is 37.2 Å². The van der Waals surface area contributed by atoms with E-state index >= 15 is 0 Å². The molecule has 3 heterocycles. The Hall–Kier alpha value is -2.54. The maximum atomic E-state index is 11.9. The number of rotatable bonds is 3. The zero-order valence-electron chi connectivity index (χ0n) is 11.4. The van der Waals surface area contributed by atoms with E-state index in [0.29, 0.717) is 18.9 Å². The van der Waals surface area contributed by atoms with Crippen LogP contribution < -0.4 is 16.0 Å². The molecule has 0 saturated carbocycles. The van der Waals surface area contributed by atoms with Crippen molar-refractivity contribution in [2.75, 3.05) is 42.3 Å². The van der Waals surface area contributed by atoms with E-state index in [0.717, 1.165) is 18.9 Å². The SMILES string of the molecule is Nc1ccc(C(=O)Nc2ccc(N3CCOCC3)nc2)o1. The molecular formula is C14H16N4O3. The summed E-state index contributed by atoms with van der Waals surface area (Å²) >= 11 is 0. The molecule has 1 saturated heterocycles. The highest BCUT2D eigenvalue weighted by atomic mass is 16.5. The van der Waals surface area contributed by atoms with Gasteiger partial charge in [-0.15, -0.1) is 0 Å². The topological polar surface area (TPSA) is 93.6 Å². The first kappa shape index (κ1) is 13.4. The number of amides is 1. The van der Waals surface area contributed by atoms with E-state index in [1.807, 2.05) is 12.1 Å². The number of pyridine rings is 1. The van der Waals surface area contributed by atoms with Crippen molar-refractivity contribution >= 4 is 23.3 Å². The van der Waals surface area contributed by atoms with Gasteiger partial charge in [-0.25, -0.2) is 4.98 Å². The second kappa shape index (κ2) is 5.84. The van der Waals surface area contributed by atoms with Crippen molar-refractivity contribution in [3.05, 3.63) is 36.2 Å². The number of ether oxygens (including phenoxy) is 1. The van der Waals surface area contributed by atoms with Crippen molar-refractivity contribution in [3.63, 3.8) is 0 Å². The van der Waals surface area contributed by atoms with Gasteiger partial charge in [0.25, 0.3) is 5.91 Å². The molecule has 2 aromatic heterocycles. The Morgan fingerprint density at radius 1 is 1.24 bits per heavy atom. The van der Waals surface area contributed by atoms with Gasteiger partial charge in [-0.1, -0.05) is 0 Å². The number of nitrogens with two attached hydrogens (primary N) is 1. The van der Waals surface area contributed by atoms with E-state index in [-0.39, 0.29) is 17.6 Å². The van der Waals surface area contributed by atoms with Crippen molar-refractivity contribution in [1.82, 2.24) is 4.98 Å². The Balaban J connectivity index is 1.65. The first-order chi connectivity index (χ1) is 10.2. The maximum Gasteiger partial charge on any atom is 0.291 e. The van der Waals surface area contributed by atoms with Crippen molar-refractivity contribution in [1.29, 1.82) is 0 Å². The number of hydrogen-bond donors (Lipinski definition) is 2. The summed E-state index contributed by atoms with van der Waals surface area (Å²) in [4.78, 5) is 18.4. The predicted octanol–water partition coefficient (Wildman–Crippen LogP) is 1.35. The molecule has 110 valence electrons. The van der Waals surface area contributed by atoms with E-state index in [4.69, 9.17) is 14.9 Å². The smallest absolute Gasteiger partial charge is 0.291 e. The highest BCUT2D eigenvalue weighted by molar-refractivity contribution is 6.02. The van der Waals surface area contributed by atoms with E-state index in [1.165, 1.54) is 12.1 Å². The summed E-state index contributed by atoms with van der Waals surface area (Å²) in [5.41, 5.74) is 6.04. The number of morpholine rings is 1. The summed E-state index contributed by atoms with van der Waals surface area (Å²) in [6, 6.07) is 6.74. The third kappa shape index (κ3) is 3.14. The molecule has 7 heteroatoms. The molecule has 21 heavy (non-hydrogen) atoms. The number of aromatic nitrogens is 1. The molecule has 1 aliphatic rings. The minimum Gasteiger partial charge on any atom is -0.436 e. The number of carbonyl (C=O) groups is 1. The molecule has 7 nitrogen and oxygen atoms in total. The molecule has 0 unspecified atom stereocenters. The van der Waals surface area contributed by atoms with Gasteiger partial charge in [0.15, 0.2) is 11.6 Å². The van der Waals surface area contributed by atoms with Gasteiger partial charge in [-0.3, -0.25) is 4.79 Å². The fourth-order valence-electron chi connectivity index (χ4n) is 2.11. The van der Waals surface area contributed by atoms with Crippen LogP contribution in [0, 0.1) is 0 Å². The van der Waals surface area contributed by atoms with Crippen LogP contribution in [0.15, 0.2) is 34.9 Å². The molecule has 3 rings (SSSR count). The summed E-state index contributed by atoms with van der Waals surface area (Å²) in [7, 11) is 0. The molecule has 0 radical (unpaired) electrons. The monoisotopic (exact) mass is 288 g/mol. The highest BCUT2D eigenvalue weighted by Crippen LogP contribution is 2.17. The van der Waals surface area contributed by atoms with Gasteiger partial charge in [-0.05, 0) is 18.2 Å². The number of furan rings is 1.